The first kappa shape index (κ1) is 8.97. The second kappa shape index (κ2) is 3.10. The molecule has 1 aromatic heterocycles. The molecule has 0 atom stereocenters. The molecule has 0 spiro atoms. The Labute approximate surface area is 91.5 Å². The Kier molecular flexibility index (Phi) is 1.74. The van der Waals surface area contributed by atoms with Gasteiger partial charge in [0, 0.05) is 5.39 Å². The van der Waals surface area contributed by atoms with Crippen LogP contribution in [0.3, 0.4) is 0 Å². The lowest BCUT2D eigenvalue weighted by Gasteiger charge is -1.96. The lowest BCUT2D eigenvalue weighted by molar-refractivity contribution is 0.0976. The molecule has 0 bridgehead atoms. The highest BCUT2D eigenvalue weighted by Crippen LogP contribution is 2.27. The molecule has 16 heavy (non-hydrogen) atoms. The van der Waals surface area contributed by atoms with E-state index in [1.807, 2.05) is 36.4 Å². The molecule has 0 aliphatic carbocycles. The van der Waals surface area contributed by atoms with Crippen LogP contribution < -0.4 is 5.73 Å². The van der Waals surface area contributed by atoms with Crippen LogP contribution >= 0.6 is 0 Å². The minimum absolute atomic E-state index is 0.200. The maximum Gasteiger partial charge on any atom is 0.284 e. The predicted molar refractivity (Wildman–Crippen MR) is 62.2 cm³/mol. The van der Waals surface area contributed by atoms with Gasteiger partial charge in [-0.3, -0.25) is 4.79 Å². The van der Waals surface area contributed by atoms with Gasteiger partial charge in [0.1, 0.15) is 5.58 Å². The first-order chi connectivity index (χ1) is 7.75. The van der Waals surface area contributed by atoms with Crippen molar-refractivity contribution in [3.63, 3.8) is 0 Å². The van der Waals surface area contributed by atoms with Gasteiger partial charge >= 0.3 is 0 Å². The number of hydrogen-bond acceptors (Lipinski definition) is 2. The summed E-state index contributed by atoms with van der Waals surface area (Å²) in [6.07, 6.45) is 0. The number of nitrogens with two attached hydrogens (primary N) is 1. The van der Waals surface area contributed by atoms with Crippen molar-refractivity contribution in [3.05, 3.63) is 48.2 Å². The molecule has 0 unspecified atom stereocenters. The zero-order valence-electron chi connectivity index (χ0n) is 8.44. The molecular weight excluding hydrogens is 202 g/mol. The molecule has 3 rings (SSSR count). The molecule has 3 nitrogen and oxygen atoms in total. The number of benzene rings is 2. The summed E-state index contributed by atoms with van der Waals surface area (Å²) >= 11 is 0. The van der Waals surface area contributed by atoms with E-state index in [1.54, 1.807) is 6.07 Å². The van der Waals surface area contributed by atoms with E-state index in [0.717, 1.165) is 16.2 Å². The largest absolute Gasteiger partial charge is 0.451 e. The third kappa shape index (κ3) is 1.18. The maximum absolute atomic E-state index is 11.0. The van der Waals surface area contributed by atoms with Crippen LogP contribution in [0.15, 0.2) is 46.9 Å². The molecular formula is C13H9NO2. The number of primary amides is 1. The van der Waals surface area contributed by atoms with E-state index >= 15 is 0 Å². The Bertz CT molecular complexity index is 697. The monoisotopic (exact) mass is 211 g/mol. The Morgan fingerprint density at radius 3 is 2.69 bits per heavy atom. The lowest BCUT2D eigenvalue weighted by atomic mass is 10.1. The molecule has 0 saturated heterocycles. The molecule has 2 aromatic carbocycles. The van der Waals surface area contributed by atoms with Crippen LogP contribution in [-0.2, 0) is 0 Å². The van der Waals surface area contributed by atoms with E-state index < -0.39 is 5.91 Å². The summed E-state index contributed by atoms with van der Waals surface area (Å²) in [5, 5.41) is 3.11. The summed E-state index contributed by atoms with van der Waals surface area (Å²) in [6, 6.07) is 13.5. The average Bonchev–Trinajstić information content (AvgIpc) is 2.73. The van der Waals surface area contributed by atoms with Gasteiger partial charge in [0.05, 0.1) is 0 Å². The molecule has 0 fully saturated rings. The second-order valence-electron chi connectivity index (χ2n) is 3.67. The quantitative estimate of drug-likeness (QED) is 0.672. The molecule has 3 aromatic rings. The number of rotatable bonds is 1. The normalized spacial score (nSPS) is 11.0. The van der Waals surface area contributed by atoms with E-state index in [0.29, 0.717) is 5.58 Å². The molecule has 0 radical (unpaired) electrons. The lowest BCUT2D eigenvalue weighted by Crippen LogP contribution is -2.08. The topological polar surface area (TPSA) is 56.2 Å². The number of hydrogen-bond donors (Lipinski definition) is 1. The SMILES string of the molecule is NC(=O)c1cc2c(ccc3ccccc32)o1. The van der Waals surface area contributed by atoms with Gasteiger partial charge in [0.15, 0.2) is 5.76 Å². The molecule has 0 aliphatic heterocycles. The Hall–Kier alpha value is -2.29. The predicted octanol–water partition coefficient (Wildman–Crippen LogP) is 2.68. The zero-order valence-corrected chi connectivity index (χ0v) is 8.44. The summed E-state index contributed by atoms with van der Waals surface area (Å²) < 4.78 is 5.36. The molecule has 78 valence electrons. The van der Waals surface area contributed by atoms with Crippen molar-refractivity contribution in [1.82, 2.24) is 0 Å². The number of fused-ring (bicyclic) bond motifs is 3. The standard InChI is InChI=1S/C13H9NO2/c14-13(15)12-7-10-9-4-2-1-3-8(9)5-6-11(10)16-12/h1-7H,(H2,14,15). The molecule has 2 N–H and O–H groups in total. The Balaban J connectivity index is 2.46. The van der Waals surface area contributed by atoms with Gasteiger partial charge in [-0.25, -0.2) is 0 Å². The van der Waals surface area contributed by atoms with Gasteiger partial charge in [-0.15, -0.1) is 0 Å². The van der Waals surface area contributed by atoms with Crippen molar-refractivity contribution in [3.8, 4) is 0 Å². The average molecular weight is 211 g/mol. The summed E-state index contributed by atoms with van der Waals surface area (Å²) in [6.45, 7) is 0. The van der Waals surface area contributed by atoms with Gasteiger partial charge in [0.25, 0.3) is 5.91 Å². The van der Waals surface area contributed by atoms with Gasteiger partial charge in [-0.2, -0.15) is 0 Å². The van der Waals surface area contributed by atoms with Crippen molar-refractivity contribution in [2.24, 2.45) is 5.73 Å². The molecule has 0 saturated carbocycles. The van der Waals surface area contributed by atoms with Crippen molar-refractivity contribution in [2.75, 3.05) is 0 Å². The first-order valence-corrected chi connectivity index (χ1v) is 4.97. The van der Waals surface area contributed by atoms with E-state index in [9.17, 15) is 4.79 Å². The number of furan rings is 1. The smallest absolute Gasteiger partial charge is 0.284 e. The van der Waals surface area contributed by atoms with Gasteiger partial charge in [0.2, 0.25) is 0 Å². The summed E-state index contributed by atoms with van der Waals surface area (Å²) in [7, 11) is 0. The van der Waals surface area contributed by atoms with Crippen molar-refractivity contribution in [2.45, 2.75) is 0 Å². The second-order valence-corrected chi connectivity index (χ2v) is 3.67. The third-order valence-electron chi connectivity index (χ3n) is 2.67. The zero-order chi connectivity index (χ0) is 11.1. The van der Waals surface area contributed by atoms with Crippen LogP contribution in [0.1, 0.15) is 10.6 Å². The fourth-order valence-corrected chi connectivity index (χ4v) is 1.91. The summed E-state index contributed by atoms with van der Waals surface area (Å²) in [4.78, 5) is 11.0. The number of carbonyl (C=O) groups is 1. The van der Waals surface area contributed by atoms with E-state index in [1.165, 1.54) is 0 Å². The molecule has 1 heterocycles. The van der Waals surface area contributed by atoms with E-state index in [-0.39, 0.29) is 5.76 Å². The van der Waals surface area contributed by atoms with Crippen LogP contribution in [0.5, 0.6) is 0 Å². The molecule has 3 heteroatoms. The van der Waals surface area contributed by atoms with Crippen LogP contribution in [0, 0.1) is 0 Å². The first-order valence-electron chi connectivity index (χ1n) is 4.97. The fraction of sp³-hybridized carbons (Fsp3) is 0. The Morgan fingerprint density at radius 2 is 1.88 bits per heavy atom. The highest BCUT2D eigenvalue weighted by Gasteiger charge is 2.10. The van der Waals surface area contributed by atoms with Crippen LogP contribution in [0.2, 0.25) is 0 Å². The van der Waals surface area contributed by atoms with Crippen LogP contribution in [0.25, 0.3) is 21.7 Å². The van der Waals surface area contributed by atoms with Crippen molar-refractivity contribution >= 4 is 27.6 Å². The summed E-state index contributed by atoms with van der Waals surface area (Å²) in [5.41, 5.74) is 5.88. The fourth-order valence-electron chi connectivity index (χ4n) is 1.91. The Morgan fingerprint density at radius 1 is 1.06 bits per heavy atom. The molecule has 1 amide bonds. The highest BCUT2D eigenvalue weighted by molar-refractivity contribution is 6.08. The van der Waals surface area contributed by atoms with Crippen molar-refractivity contribution < 1.29 is 9.21 Å². The van der Waals surface area contributed by atoms with Gasteiger partial charge < -0.3 is 10.2 Å². The van der Waals surface area contributed by atoms with Crippen molar-refractivity contribution in [1.29, 1.82) is 0 Å². The van der Waals surface area contributed by atoms with Crippen LogP contribution in [0.4, 0.5) is 0 Å². The highest BCUT2D eigenvalue weighted by atomic mass is 16.3. The third-order valence-corrected chi connectivity index (χ3v) is 2.67. The van der Waals surface area contributed by atoms with Crippen LogP contribution in [-0.4, -0.2) is 5.91 Å². The van der Waals surface area contributed by atoms with E-state index in [2.05, 4.69) is 0 Å². The molecule has 0 aliphatic rings. The van der Waals surface area contributed by atoms with Gasteiger partial charge in [-0.1, -0.05) is 30.3 Å². The number of carbonyl (C=O) groups excluding carboxylic acids is 1. The van der Waals surface area contributed by atoms with E-state index in [4.69, 9.17) is 10.2 Å². The maximum atomic E-state index is 11.0. The minimum atomic E-state index is -0.541. The minimum Gasteiger partial charge on any atom is -0.451 e. The number of amides is 1. The van der Waals surface area contributed by atoms with Gasteiger partial charge in [-0.05, 0) is 22.9 Å². The summed E-state index contributed by atoms with van der Waals surface area (Å²) in [5.74, 6) is -0.341.